The van der Waals surface area contributed by atoms with E-state index in [1.807, 2.05) is 42.6 Å². The molecule has 144 valence electrons. The van der Waals surface area contributed by atoms with Crippen LogP contribution in [0.5, 0.6) is 0 Å². The van der Waals surface area contributed by atoms with Crippen LogP contribution in [-0.2, 0) is 24.1 Å². The van der Waals surface area contributed by atoms with Gasteiger partial charge in [0.25, 0.3) is 5.69 Å². The number of aryl methyl sites for hydroxylation is 1. The maximum Gasteiger partial charge on any atom is 0.269 e. The second-order valence-corrected chi connectivity index (χ2v) is 7.33. The molecule has 0 spiro atoms. The van der Waals surface area contributed by atoms with Crippen LogP contribution in [0.15, 0.2) is 60.0 Å². The van der Waals surface area contributed by atoms with E-state index in [1.54, 1.807) is 12.1 Å². The fraction of sp³-hybridized carbons (Fsp3) is 0.238. The van der Waals surface area contributed by atoms with Crippen molar-refractivity contribution in [3.05, 3.63) is 91.9 Å². The molecule has 1 atom stereocenters. The Kier molecular flexibility index (Phi) is 6.49. The van der Waals surface area contributed by atoms with Crippen LogP contribution in [0, 0.1) is 10.1 Å². The van der Waals surface area contributed by atoms with Gasteiger partial charge in [-0.3, -0.25) is 14.9 Å². The standard InChI is InChI=1S/C21H21N3O3S/c1-2-17-14-28-21(22-17)19(12-16-8-10-18(11-9-16)24(26)27)23-20(25)13-15-6-4-3-5-7-15/h3-11,14,19H,2,12-13H2,1H3,(H,23,25). The topological polar surface area (TPSA) is 85.1 Å². The first kappa shape index (κ1) is 19.7. The van der Waals surface area contributed by atoms with Gasteiger partial charge in [0, 0.05) is 17.5 Å². The van der Waals surface area contributed by atoms with Crippen LogP contribution in [0.1, 0.15) is 34.8 Å². The van der Waals surface area contributed by atoms with Crippen molar-refractivity contribution in [2.45, 2.75) is 32.2 Å². The number of rotatable bonds is 8. The first-order valence-electron chi connectivity index (χ1n) is 9.06. The molecule has 1 amide bonds. The number of nitro benzene ring substituents is 1. The summed E-state index contributed by atoms with van der Waals surface area (Å²) >= 11 is 1.52. The largest absolute Gasteiger partial charge is 0.346 e. The predicted molar refractivity (Wildman–Crippen MR) is 109 cm³/mol. The Morgan fingerprint density at radius 1 is 1.14 bits per heavy atom. The van der Waals surface area contributed by atoms with Gasteiger partial charge in [0.05, 0.1) is 23.1 Å². The number of thiazole rings is 1. The number of nitrogens with one attached hydrogen (secondary N) is 1. The quantitative estimate of drug-likeness (QED) is 0.456. The predicted octanol–water partition coefficient (Wildman–Crippen LogP) is 4.26. The Hall–Kier alpha value is -3.06. The molecule has 0 bridgehead atoms. The number of amides is 1. The van der Waals surface area contributed by atoms with Crippen molar-refractivity contribution in [2.75, 3.05) is 0 Å². The number of carbonyl (C=O) groups excluding carboxylic acids is 1. The average molecular weight is 395 g/mol. The molecule has 7 heteroatoms. The second-order valence-electron chi connectivity index (χ2n) is 6.44. The number of nitrogens with zero attached hydrogens (tertiary/aromatic N) is 2. The molecule has 1 unspecified atom stereocenters. The molecule has 1 N–H and O–H groups in total. The van der Waals surface area contributed by atoms with Crippen LogP contribution >= 0.6 is 11.3 Å². The van der Waals surface area contributed by atoms with E-state index in [4.69, 9.17) is 0 Å². The van der Waals surface area contributed by atoms with Crippen molar-refractivity contribution < 1.29 is 9.72 Å². The van der Waals surface area contributed by atoms with Gasteiger partial charge in [-0.25, -0.2) is 4.98 Å². The summed E-state index contributed by atoms with van der Waals surface area (Å²) in [7, 11) is 0. The number of non-ortho nitro benzene ring substituents is 1. The van der Waals surface area contributed by atoms with Crippen molar-refractivity contribution in [3.63, 3.8) is 0 Å². The van der Waals surface area contributed by atoms with Gasteiger partial charge in [0.2, 0.25) is 5.91 Å². The lowest BCUT2D eigenvalue weighted by molar-refractivity contribution is -0.384. The third-order valence-electron chi connectivity index (χ3n) is 4.36. The molecule has 28 heavy (non-hydrogen) atoms. The van der Waals surface area contributed by atoms with E-state index in [1.165, 1.54) is 23.5 Å². The van der Waals surface area contributed by atoms with Crippen molar-refractivity contribution in [1.29, 1.82) is 0 Å². The molecule has 2 aromatic carbocycles. The number of hydrogen-bond donors (Lipinski definition) is 1. The lowest BCUT2D eigenvalue weighted by atomic mass is 10.0. The molecule has 3 rings (SSSR count). The van der Waals surface area contributed by atoms with E-state index in [0.717, 1.165) is 28.2 Å². The molecule has 0 aliphatic heterocycles. The Balaban J connectivity index is 1.76. The summed E-state index contributed by atoms with van der Waals surface area (Å²) in [6, 6.07) is 15.7. The second kappa shape index (κ2) is 9.23. The molecular weight excluding hydrogens is 374 g/mol. The van der Waals surface area contributed by atoms with E-state index in [2.05, 4.69) is 10.3 Å². The highest BCUT2D eigenvalue weighted by Gasteiger charge is 2.19. The highest BCUT2D eigenvalue weighted by atomic mass is 32.1. The van der Waals surface area contributed by atoms with Gasteiger partial charge >= 0.3 is 0 Å². The highest BCUT2D eigenvalue weighted by molar-refractivity contribution is 7.09. The third-order valence-corrected chi connectivity index (χ3v) is 5.37. The van der Waals surface area contributed by atoms with Crippen molar-refractivity contribution >= 4 is 22.9 Å². The van der Waals surface area contributed by atoms with Crippen LogP contribution < -0.4 is 5.32 Å². The molecule has 1 aromatic heterocycles. The van der Waals surface area contributed by atoms with E-state index < -0.39 is 4.92 Å². The summed E-state index contributed by atoms with van der Waals surface area (Å²) in [5, 5.41) is 16.8. The molecule has 1 heterocycles. The Bertz CT molecular complexity index is 939. The van der Waals surface area contributed by atoms with Crippen LogP contribution in [0.2, 0.25) is 0 Å². The van der Waals surface area contributed by atoms with Crippen LogP contribution in [0.25, 0.3) is 0 Å². The normalized spacial score (nSPS) is 11.8. The van der Waals surface area contributed by atoms with Gasteiger partial charge in [-0.1, -0.05) is 49.4 Å². The van der Waals surface area contributed by atoms with Crippen molar-refractivity contribution in [3.8, 4) is 0 Å². The summed E-state index contributed by atoms with van der Waals surface area (Å²) in [4.78, 5) is 27.6. The lowest BCUT2D eigenvalue weighted by Crippen LogP contribution is -2.31. The van der Waals surface area contributed by atoms with Crippen LogP contribution in [0.3, 0.4) is 0 Å². The minimum Gasteiger partial charge on any atom is -0.346 e. The molecule has 0 aliphatic rings. The minimum atomic E-state index is -0.419. The Labute approximate surface area is 167 Å². The summed E-state index contributed by atoms with van der Waals surface area (Å²) in [5.74, 6) is -0.0774. The molecule has 0 radical (unpaired) electrons. The molecular formula is C21H21N3O3S. The van der Waals surface area contributed by atoms with Crippen LogP contribution in [-0.4, -0.2) is 15.8 Å². The van der Waals surface area contributed by atoms with E-state index in [-0.39, 0.29) is 17.6 Å². The van der Waals surface area contributed by atoms with Gasteiger partial charge in [-0.2, -0.15) is 0 Å². The zero-order chi connectivity index (χ0) is 19.9. The molecule has 3 aromatic rings. The van der Waals surface area contributed by atoms with E-state index in [9.17, 15) is 14.9 Å². The number of nitro groups is 1. The monoisotopic (exact) mass is 395 g/mol. The zero-order valence-corrected chi connectivity index (χ0v) is 16.3. The molecule has 0 saturated carbocycles. The SMILES string of the molecule is CCc1csc(C(Cc2ccc([N+](=O)[O-])cc2)NC(=O)Cc2ccccc2)n1. The average Bonchev–Trinajstić information content (AvgIpc) is 3.18. The molecule has 0 aliphatic carbocycles. The third kappa shape index (κ3) is 5.23. The molecule has 0 saturated heterocycles. The first-order valence-corrected chi connectivity index (χ1v) is 9.94. The first-order chi connectivity index (χ1) is 13.5. The fourth-order valence-corrected chi connectivity index (χ4v) is 3.81. The number of hydrogen-bond acceptors (Lipinski definition) is 5. The van der Waals surface area contributed by atoms with Gasteiger partial charge in [-0.05, 0) is 24.0 Å². The number of benzene rings is 2. The number of aromatic nitrogens is 1. The fourth-order valence-electron chi connectivity index (χ4n) is 2.86. The van der Waals surface area contributed by atoms with Gasteiger partial charge < -0.3 is 5.32 Å². The van der Waals surface area contributed by atoms with Crippen molar-refractivity contribution in [1.82, 2.24) is 10.3 Å². The highest BCUT2D eigenvalue weighted by Crippen LogP contribution is 2.24. The van der Waals surface area contributed by atoms with Gasteiger partial charge in [0.1, 0.15) is 5.01 Å². The molecule has 6 nitrogen and oxygen atoms in total. The summed E-state index contributed by atoms with van der Waals surface area (Å²) in [6.45, 7) is 2.04. The Morgan fingerprint density at radius 2 is 1.86 bits per heavy atom. The maximum atomic E-state index is 12.6. The zero-order valence-electron chi connectivity index (χ0n) is 15.5. The molecule has 0 fully saturated rings. The number of carbonyl (C=O) groups is 1. The lowest BCUT2D eigenvalue weighted by Gasteiger charge is -2.17. The smallest absolute Gasteiger partial charge is 0.269 e. The minimum absolute atomic E-state index is 0.0518. The van der Waals surface area contributed by atoms with Crippen molar-refractivity contribution in [2.24, 2.45) is 0 Å². The van der Waals surface area contributed by atoms with E-state index >= 15 is 0 Å². The maximum absolute atomic E-state index is 12.6. The summed E-state index contributed by atoms with van der Waals surface area (Å²) < 4.78 is 0. The van der Waals surface area contributed by atoms with Gasteiger partial charge in [-0.15, -0.1) is 11.3 Å². The Morgan fingerprint density at radius 3 is 2.46 bits per heavy atom. The summed E-state index contributed by atoms with van der Waals surface area (Å²) in [5.41, 5.74) is 2.90. The van der Waals surface area contributed by atoms with Crippen LogP contribution in [0.4, 0.5) is 5.69 Å². The summed E-state index contributed by atoms with van der Waals surface area (Å²) in [6.07, 6.45) is 1.65. The van der Waals surface area contributed by atoms with Gasteiger partial charge in [0.15, 0.2) is 0 Å². The van der Waals surface area contributed by atoms with E-state index in [0.29, 0.717) is 12.8 Å².